The van der Waals surface area contributed by atoms with Gasteiger partial charge < -0.3 is 5.32 Å². The van der Waals surface area contributed by atoms with Crippen molar-refractivity contribution in [2.24, 2.45) is 4.99 Å². The maximum atomic E-state index is 6.23. The second-order valence-electron chi connectivity index (χ2n) is 4.98. The number of hydrogen-bond donors (Lipinski definition) is 1. The summed E-state index contributed by atoms with van der Waals surface area (Å²) in [5, 5.41) is 6.40. The highest BCUT2D eigenvalue weighted by molar-refractivity contribution is 8.14. The minimum Gasteiger partial charge on any atom is -0.358 e. The van der Waals surface area contributed by atoms with Gasteiger partial charge in [-0.25, -0.2) is 0 Å². The second-order valence-corrected chi connectivity index (χ2v) is 7.25. The van der Waals surface area contributed by atoms with E-state index in [1.54, 1.807) is 17.8 Å². The molecule has 0 aromatic heterocycles. The molecule has 1 N–H and O–H groups in total. The molecular weight excluding hydrogens is 299 g/mol. The van der Waals surface area contributed by atoms with Crippen LogP contribution in [0.4, 0.5) is 0 Å². The van der Waals surface area contributed by atoms with E-state index in [-0.39, 0.29) is 6.04 Å². The van der Waals surface area contributed by atoms with Crippen LogP contribution >= 0.6 is 35.0 Å². The van der Waals surface area contributed by atoms with Crippen LogP contribution in [0.5, 0.6) is 0 Å². The number of amidine groups is 1. The minimum absolute atomic E-state index is 0.119. The third kappa shape index (κ3) is 4.04. The van der Waals surface area contributed by atoms with Gasteiger partial charge in [0.15, 0.2) is 5.17 Å². The van der Waals surface area contributed by atoms with Crippen molar-refractivity contribution < 1.29 is 0 Å². The molecule has 0 saturated carbocycles. The highest BCUT2D eigenvalue weighted by Crippen LogP contribution is 2.29. The average Bonchev–Trinajstić information content (AvgIpc) is 2.26. The maximum Gasteiger partial charge on any atom is 0.157 e. The number of nitrogens with one attached hydrogen (secondary N) is 1. The molecule has 2 nitrogen and oxygen atoms in total. The van der Waals surface area contributed by atoms with Crippen molar-refractivity contribution in [2.75, 3.05) is 0 Å². The standard InChI is InChI=1S/C14H18Cl2N2S/c1-8-6-9(2)19-14(17-8)18-10(3)12-5-4-11(15)7-13(12)16/h4-5,7-10H,6H2,1-3H3,(H,17,18). The van der Waals surface area contributed by atoms with Crippen LogP contribution in [-0.2, 0) is 0 Å². The lowest BCUT2D eigenvalue weighted by atomic mass is 10.1. The van der Waals surface area contributed by atoms with Crippen molar-refractivity contribution in [1.29, 1.82) is 0 Å². The first-order valence-corrected chi connectivity index (χ1v) is 8.05. The monoisotopic (exact) mass is 316 g/mol. The minimum atomic E-state index is 0.119. The van der Waals surface area contributed by atoms with E-state index in [2.05, 4.69) is 31.1 Å². The second kappa shape index (κ2) is 6.38. The Balaban J connectivity index is 2.10. The Hall–Kier alpha value is -0.380. The summed E-state index contributed by atoms with van der Waals surface area (Å²) < 4.78 is 0. The first-order valence-electron chi connectivity index (χ1n) is 6.41. The molecule has 2 rings (SSSR count). The van der Waals surface area contributed by atoms with Crippen molar-refractivity contribution in [3.8, 4) is 0 Å². The van der Waals surface area contributed by atoms with E-state index >= 15 is 0 Å². The third-order valence-electron chi connectivity index (χ3n) is 3.09. The molecule has 0 bridgehead atoms. The normalized spacial score (nSPS) is 24.8. The molecule has 5 heteroatoms. The average molecular weight is 317 g/mol. The molecule has 0 amide bonds. The lowest BCUT2D eigenvalue weighted by molar-refractivity contribution is 0.643. The molecule has 1 heterocycles. The summed E-state index contributed by atoms with van der Waals surface area (Å²) in [6.07, 6.45) is 1.13. The quantitative estimate of drug-likeness (QED) is 0.838. The zero-order valence-corrected chi connectivity index (χ0v) is 13.6. The summed E-state index contributed by atoms with van der Waals surface area (Å²) in [6.45, 7) is 6.47. The van der Waals surface area contributed by atoms with Crippen LogP contribution in [0.25, 0.3) is 0 Å². The topological polar surface area (TPSA) is 24.4 Å². The van der Waals surface area contributed by atoms with Gasteiger partial charge in [0.25, 0.3) is 0 Å². The van der Waals surface area contributed by atoms with E-state index in [1.165, 1.54) is 0 Å². The maximum absolute atomic E-state index is 6.23. The number of nitrogens with zero attached hydrogens (tertiary/aromatic N) is 1. The summed E-state index contributed by atoms with van der Waals surface area (Å²) in [4.78, 5) is 4.64. The van der Waals surface area contributed by atoms with E-state index in [9.17, 15) is 0 Å². The predicted octanol–water partition coefficient (Wildman–Crippen LogP) is 4.91. The number of hydrogen-bond acceptors (Lipinski definition) is 3. The van der Waals surface area contributed by atoms with Crippen molar-refractivity contribution in [2.45, 2.75) is 44.5 Å². The van der Waals surface area contributed by atoms with Gasteiger partial charge >= 0.3 is 0 Å². The van der Waals surface area contributed by atoms with Gasteiger partial charge in [0.1, 0.15) is 0 Å². The van der Waals surface area contributed by atoms with Gasteiger partial charge in [-0.2, -0.15) is 0 Å². The van der Waals surface area contributed by atoms with Gasteiger partial charge in [0.05, 0.1) is 12.1 Å². The summed E-state index contributed by atoms with van der Waals surface area (Å²) in [6, 6.07) is 6.10. The molecule has 0 saturated heterocycles. The van der Waals surface area contributed by atoms with Gasteiger partial charge in [-0.3, -0.25) is 4.99 Å². The molecule has 0 radical (unpaired) electrons. The van der Waals surface area contributed by atoms with Gasteiger partial charge in [0, 0.05) is 15.3 Å². The van der Waals surface area contributed by atoms with Crippen molar-refractivity contribution in [3.05, 3.63) is 33.8 Å². The first kappa shape index (κ1) is 15.0. The van der Waals surface area contributed by atoms with E-state index < -0.39 is 0 Å². The van der Waals surface area contributed by atoms with Crippen LogP contribution in [0.1, 0.15) is 38.8 Å². The lowest BCUT2D eigenvalue weighted by Gasteiger charge is -2.26. The Kier molecular flexibility index (Phi) is 5.04. The molecule has 3 unspecified atom stereocenters. The molecule has 0 spiro atoms. The molecule has 0 fully saturated rings. The molecule has 0 aliphatic carbocycles. The van der Waals surface area contributed by atoms with E-state index in [1.807, 2.05) is 12.1 Å². The Labute approximate surface area is 129 Å². The highest BCUT2D eigenvalue weighted by atomic mass is 35.5. The van der Waals surface area contributed by atoms with Crippen LogP contribution in [0.3, 0.4) is 0 Å². The number of thioether (sulfide) groups is 1. The van der Waals surface area contributed by atoms with Crippen LogP contribution < -0.4 is 5.32 Å². The van der Waals surface area contributed by atoms with Crippen LogP contribution in [0.2, 0.25) is 10.0 Å². The number of halogens is 2. The molecular formula is C14H18Cl2N2S. The van der Waals surface area contributed by atoms with E-state index in [0.717, 1.165) is 17.2 Å². The summed E-state index contributed by atoms with van der Waals surface area (Å²) in [7, 11) is 0. The Morgan fingerprint density at radius 3 is 2.74 bits per heavy atom. The Morgan fingerprint density at radius 2 is 2.11 bits per heavy atom. The summed E-state index contributed by atoms with van der Waals surface area (Å²) in [5.74, 6) is 0. The zero-order valence-electron chi connectivity index (χ0n) is 11.3. The van der Waals surface area contributed by atoms with Crippen molar-refractivity contribution >= 4 is 40.1 Å². The zero-order chi connectivity index (χ0) is 14.0. The smallest absolute Gasteiger partial charge is 0.157 e. The van der Waals surface area contributed by atoms with Crippen LogP contribution in [0, 0.1) is 0 Å². The largest absolute Gasteiger partial charge is 0.358 e. The molecule has 1 aliphatic rings. The lowest BCUT2D eigenvalue weighted by Crippen LogP contribution is -2.30. The molecule has 1 aliphatic heterocycles. The van der Waals surface area contributed by atoms with Gasteiger partial charge in [-0.05, 0) is 38.0 Å². The van der Waals surface area contributed by atoms with Crippen molar-refractivity contribution in [1.82, 2.24) is 5.32 Å². The predicted molar refractivity (Wildman–Crippen MR) is 86.6 cm³/mol. The fourth-order valence-electron chi connectivity index (χ4n) is 2.19. The Bertz CT molecular complexity index is 490. The Morgan fingerprint density at radius 1 is 1.37 bits per heavy atom. The highest BCUT2D eigenvalue weighted by Gasteiger charge is 2.20. The summed E-state index contributed by atoms with van der Waals surface area (Å²) >= 11 is 13.9. The molecule has 1 aromatic carbocycles. The SMILES string of the molecule is CC1CC(C)SC(NC(C)c2ccc(Cl)cc2Cl)=N1. The molecule has 1 aromatic rings. The first-order chi connectivity index (χ1) is 8.95. The van der Waals surface area contributed by atoms with Crippen LogP contribution in [-0.4, -0.2) is 16.5 Å². The number of benzene rings is 1. The van der Waals surface area contributed by atoms with Gasteiger partial charge in [-0.1, -0.05) is 48.0 Å². The van der Waals surface area contributed by atoms with Gasteiger partial charge in [0.2, 0.25) is 0 Å². The van der Waals surface area contributed by atoms with E-state index in [0.29, 0.717) is 21.3 Å². The van der Waals surface area contributed by atoms with Crippen molar-refractivity contribution in [3.63, 3.8) is 0 Å². The van der Waals surface area contributed by atoms with Gasteiger partial charge in [-0.15, -0.1) is 0 Å². The fraction of sp³-hybridized carbons (Fsp3) is 0.500. The number of aliphatic imine (C=N–C) groups is 1. The third-order valence-corrected chi connectivity index (χ3v) is 4.70. The van der Waals surface area contributed by atoms with Crippen LogP contribution in [0.15, 0.2) is 23.2 Å². The fourth-order valence-corrected chi connectivity index (χ4v) is 4.00. The van der Waals surface area contributed by atoms with E-state index in [4.69, 9.17) is 23.2 Å². The number of rotatable bonds is 2. The molecule has 3 atom stereocenters. The molecule has 104 valence electrons. The molecule has 19 heavy (non-hydrogen) atoms. The summed E-state index contributed by atoms with van der Waals surface area (Å²) in [5.41, 5.74) is 1.04.